The molecule has 0 heterocycles. The number of carbonyl (C=O) groups is 1. The van der Waals surface area contributed by atoms with E-state index in [1.165, 1.54) is 44.6 Å². The van der Waals surface area contributed by atoms with Gasteiger partial charge >= 0.3 is 6.09 Å². The first-order valence-electron chi connectivity index (χ1n) is 13.6. The highest BCUT2D eigenvalue weighted by molar-refractivity contribution is 5.70. The molecule has 6 nitrogen and oxygen atoms in total. The van der Waals surface area contributed by atoms with Crippen LogP contribution < -0.4 is 0 Å². The Morgan fingerprint density at radius 2 is 1.24 bits per heavy atom. The van der Waals surface area contributed by atoms with E-state index in [4.69, 9.17) is 4.74 Å². The van der Waals surface area contributed by atoms with Crippen molar-refractivity contribution in [3.05, 3.63) is 39.9 Å². The van der Waals surface area contributed by atoms with E-state index in [9.17, 15) is 14.9 Å². The minimum Gasteiger partial charge on any atom is -0.444 e. The van der Waals surface area contributed by atoms with Gasteiger partial charge in [-0.15, -0.1) is 0 Å². The largest absolute Gasteiger partial charge is 0.444 e. The lowest BCUT2D eigenvalue weighted by molar-refractivity contribution is -0.385. The van der Waals surface area contributed by atoms with Crippen LogP contribution in [0.5, 0.6) is 0 Å². The quantitative estimate of drug-likeness (QED) is 0.370. The van der Waals surface area contributed by atoms with Crippen molar-refractivity contribution in [2.45, 2.75) is 94.7 Å². The summed E-state index contributed by atoms with van der Waals surface area (Å²) in [4.78, 5) is 27.6. The van der Waals surface area contributed by atoms with Crippen molar-refractivity contribution in [2.24, 2.45) is 35.5 Å². The van der Waals surface area contributed by atoms with Crippen molar-refractivity contribution in [1.82, 2.24) is 4.90 Å². The summed E-state index contributed by atoms with van der Waals surface area (Å²) in [5.41, 5.74) is 0.406. The zero-order chi connectivity index (χ0) is 23.1. The van der Waals surface area contributed by atoms with E-state index in [1.54, 1.807) is 18.2 Å². The highest BCUT2D eigenvalue weighted by Crippen LogP contribution is 2.64. The minimum absolute atomic E-state index is 0.0226. The normalized spacial score (nSPS) is 43.2. The Morgan fingerprint density at radius 1 is 0.824 bits per heavy atom. The number of rotatable bonds is 5. The molecule has 8 bridgehead atoms. The van der Waals surface area contributed by atoms with Crippen LogP contribution in [0.1, 0.15) is 82.6 Å². The third kappa shape index (κ3) is 3.23. The van der Waals surface area contributed by atoms with Crippen molar-refractivity contribution in [3.63, 3.8) is 0 Å². The first-order valence-corrected chi connectivity index (χ1v) is 13.6. The summed E-state index contributed by atoms with van der Waals surface area (Å²) in [6, 6.07) is 6.66. The zero-order valence-corrected chi connectivity index (χ0v) is 20.0. The molecule has 182 valence electrons. The van der Waals surface area contributed by atoms with Gasteiger partial charge in [-0.3, -0.25) is 15.0 Å². The summed E-state index contributed by atoms with van der Waals surface area (Å²) in [5.74, 6) is 4.53. The molecule has 0 saturated heterocycles. The monoisotopic (exact) mass is 464 g/mol. The van der Waals surface area contributed by atoms with Gasteiger partial charge in [0.1, 0.15) is 6.61 Å². The molecule has 0 spiro atoms. The maximum Gasteiger partial charge on any atom is 0.411 e. The summed E-state index contributed by atoms with van der Waals surface area (Å²) < 4.78 is 6.04. The lowest BCUT2D eigenvalue weighted by Crippen LogP contribution is -2.71. The number of hydrogen-bond donors (Lipinski definition) is 0. The number of carbonyl (C=O) groups excluding carboxylic acids is 1. The van der Waals surface area contributed by atoms with Crippen molar-refractivity contribution in [2.75, 3.05) is 0 Å². The van der Waals surface area contributed by atoms with Crippen LogP contribution in [0.25, 0.3) is 0 Å². The van der Waals surface area contributed by atoms with Crippen LogP contribution in [-0.2, 0) is 11.3 Å². The Balaban J connectivity index is 1.23. The summed E-state index contributed by atoms with van der Waals surface area (Å²) >= 11 is 0. The van der Waals surface area contributed by atoms with Crippen LogP contribution in [0.15, 0.2) is 24.3 Å². The molecule has 9 rings (SSSR count). The van der Waals surface area contributed by atoms with Gasteiger partial charge in [-0.1, -0.05) is 12.1 Å². The number of para-hydroxylation sites is 1. The Kier molecular flexibility index (Phi) is 4.64. The molecular weight excluding hydrogens is 428 g/mol. The highest BCUT2D eigenvalue weighted by atomic mass is 16.6. The SMILES string of the molecule is O=C(OCc1ccccc1[N+](=O)[O-])N(C12CC3CC(CC(C3)C1)C2)C12CC3CC(CC(C3)C1)C2. The van der Waals surface area contributed by atoms with Gasteiger partial charge in [-0.25, -0.2) is 4.79 Å². The molecule has 8 saturated carbocycles. The van der Waals surface area contributed by atoms with E-state index >= 15 is 0 Å². The zero-order valence-electron chi connectivity index (χ0n) is 20.0. The molecule has 0 N–H and O–H groups in total. The van der Waals surface area contributed by atoms with Crippen LogP contribution in [0, 0.1) is 45.6 Å². The van der Waals surface area contributed by atoms with Gasteiger partial charge < -0.3 is 4.74 Å². The number of nitro benzene ring substituents is 1. The predicted molar refractivity (Wildman–Crippen MR) is 127 cm³/mol. The maximum absolute atomic E-state index is 14.2. The fraction of sp³-hybridized carbons (Fsp3) is 0.750. The Morgan fingerprint density at radius 3 is 1.65 bits per heavy atom. The van der Waals surface area contributed by atoms with Crippen LogP contribution in [0.2, 0.25) is 0 Å². The van der Waals surface area contributed by atoms with E-state index in [1.807, 2.05) is 0 Å². The summed E-state index contributed by atoms with van der Waals surface area (Å²) in [6.45, 7) is -0.0226. The Labute approximate surface area is 201 Å². The number of amides is 1. The molecule has 0 atom stereocenters. The third-order valence-corrected chi connectivity index (χ3v) is 10.7. The Hall–Kier alpha value is -2.11. The molecule has 1 aromatic carbocycles. The molecule has 1 aromatic rings. The summed E-state index contributed by atoms with van der Waals surface area (Å²) in [6.07, 6.45) is 14.7. The lowest BCUT2D eigenvalue weighted by atomic mass is 9.48. The van der Waals surface area contributed by atoms with Gasteiger partial charge in [0.05, 0.1) is 10.5 Å². The predicted octanol–water partition coefficient (Wildman–Crippen LogP) is 6.47. The molecule has 0 radical (unpaired) electrons. The maximum atomic E-state index is 14.2. The van der Waals surface area contributed by atoms with E-state index in [0.717, 1.165) is 74.0 Å². The van der Waals surface area contributed by atoms with Crippen LogP contribution in [-0.4, -0.2) is 27.0 Å². The van der Waals surface area contributed by atoms with E-state index in [2.05, 4.69) is 4.90 Å². The second kappa shape index (κ2) is 7.44. The van der Waals surface area contributed by atoms with Crippen molar-refractivity contribution >= 4 is 11.8 Å². The number of hydrogen-bond acceptors (Lipinski definition) is 4. The lowest BCUT2D eigenvalue weighted by Gasteiger charge is -2.68. The molecule has 1 amide bonds. The van der Waals surface area contributed by atoms with Crippen molar-refractivity contribution < 1.29 is 14.5 Å². The molecule has 6 heteroatoms. The van der Waals surface area contributed by atoms with Gasteiger partial charge in [0, 0.05) is 17.1 Å². The number of ether oxygens (including phenoxy) is 1. The third-order valence-electron chi connectivity index (χ3n) is 10.7. The molecule has 8 aliphatic rings. The van der Waals surface area contributed by atoms with Crippen molar-refractivity contribution in [3.8, 4) is 0 Å². The van der Waals surface area contributed by atoms with Crippen LogP contribution >= 0.6 is 0 Å². The van der Waals surface area contributed by atoms with Crippen LogP contribution in [0.3, 0.4) is 0 Å². The fourth-order valence-corrected chi connectivity index (χ4v) is 10.6. The van der Waals surface area contributed by atoms with Gasteiger partial charge in [-0.2, -0.15) is 0 Å². The number of benzene rings is 1. The molecule has 0 aliphatic heterocycles. The Bertz CT molecular complexity index is 905. The van der Waals surface area contributed by atoms with Gasteiger partial charge in [-0.05, 0) is 119 Å². The standard InChI is InChI=1S/C28H36N2O4/c31-26(34-17-24-3-1-2-4-25(24)30(32)33)29(27-11-18-5-19(12-27)7-20(6-18)13-27)28-14-21-8-22(15-28)10-23(9-21)16-28/h1-4,18-23H,5-17H2. The molecule has 0 unspecified atom stereocenters. The highest BCUT2D eigenvalue weighted by Gasteiger charge is 2.63. The summed E-state index contributed by atoms with van der Waals surface area (Å²) in [5, 5.41) is 11.5. The van der Waals surface area contributed by atoms with E-state index < -0.39 is 0 Å². The van der Waals surface area contributed by atoms with Gasteiger partial charge in [0.25, 0.3) is 5.69 Å². The minimum atomic E-state index is -0.376. The molecular formula is C28H36N2O4. The molecule has 0 aromatic heterocycles. The topological polar surface area (TPSA) is 72.7 Å². The first kappa shape index (κ1) is 21.2. The van der Waals surface area contributed by atoms with Gasteiger partial charge in [0.2, 0.25) is 0 Å². The second-order valence-corrected chi connectivity index (χ2v) is 13.1. The molecule has 8 aliphatic carbocycles. The van der Waals surface area contributed by atoms with E-state index in [0.29, 0.717) is 5.56 Å². The van der Waals surface area contributed by atoms with Crippen LogP contribution in [0.4, 0.5) is 10.5 Å². The average Bonchev–Trinajstić information content (AvgIpc) is 2.75. The fourth-order valence-electron chi connectivity index (χ4n) is 10.6. The van der Waals surface area contributed by atoms with E-state index in [-0.39, 0.29) is 34.4 Å². The number of nitro groups is 1. The summed E-state index contributed by atoms with van der Waals surface area (Å²) in [7, 11) is 0. The molecule has 34 heavy (non-hydrogen) atoms. The van der Waals surface area contributed by atoms with Gasteiger partial charge in [0.15, 0.2) is 0 Å². The average molecular weight is 465 g/mol. The molecule has 8 fully saturated rings. The first-order chi connectivity index (χ1) is 16.4. The van der Waals surface area contributed by atoms with Crippen molar-refractivity contribution in [1.29, 1.82) is 0 Å². The smallest absolute Gasteiger partial charge is 0.411 e. The number of nitrogens with zero attached hydrogens (tertiary/aromatic N) is 2. The second-order valence-electron chi connectivity index (χ2n) is 13.1.